The molecule has 36 heavy (non-hydrogen) atoms. The fourth-order valence-electron chi connectivity index (χ4n) is 4.20. The summed E-state index contributed by atoms with van der Waals surface area (Å²) in [6.07, 6.45) is 0.242. The van der Waals surface area contributed by atoms with E-state index in [-0.39, 0.29) is 30.9 Å². The summed E-state index contributed by atoms with van der Waals surface area (Å²) in [5.41, 5.74) is 4.17. The molecule has 0 saturated heterocycles. The molecule has 0 amide bonds. The predicted molar refractivity (Wildman–Crippen MR) is 138 cm³/mol. The van der Waals surface area contributed by atoms with Crippen molar-refractivity contribution in [1.29, 1.82) is 0 Å². The summed E-state index contributed by atoms with van der Waals surface area (Å²) in [6.45, 7) is 1.75. The first-order valence-electron chi connectivity index (χ1n) is 11.7. The second-order valence-corrected chi connectivity index (χ2v) is 9.83. The van der Waals surface area contributed by atoms with Crippen molar-refractivity contribution in [3.05, 3.63) is 90.2 Å². The molecule has 1 aromatic heterocycles. The van der Waals surface area contributed by atoms with Gasteiger partial charge in [0.1, 0.15) is 11.6 Å². The molecule has 1 heterocycles. The molecule has 0 spiro atoms. The minimum absolute atomic E-state index is 0.0645. The first kappa shape index (κ1) is 25.9. The number of carbonyl (C=O) groups is 1. The van der Waals surface area contributed by atoms with Crippen molar-refractivity contribution in [1.82, 2.24) is 4.98 Å². The number of Topliss-reactive ketones (excluding diaryl/α,β-unsaturated/α-hetero) is 1. The molecule has 0 saturated carbocycles. The van der Waals surface area contributed by atoms with E-state index in [0.717, 1.165) is 22.0 Å². The third kappa shape index (κ3) is 6.50. The third-order valence-corrected chi connectivity index (χ3v) is 6.55. The van der Waals surface area contributed by atoms with Crippen LogP contribution in [0.5, 0.6) is 0 Å². The fourth-order valence-corrected chi connectivity index (χ4v) is 4.84. The predicted octanol–water partition coefficient (Wildman–Crippen LogP) is 6.49. The average Bonchev–Trinajstić information content (AvgIpc) is 2.86. The van der Waals surface area contributed by atoms with Gasteiger partial charge < -0.3 is 9.79 Å². The minimum atomic E-state index is -4.60. The molecule has 8 heteroatoms. The van der Waals surface area contributed by atoms with Gasteiger partial charge in [-0.25, -0.2) is 13.9 Å². The molecule has 4 rings (SSSR count). The highest BCUT2D eigenvalue weighted by Gasteiger charge is 2.22. The molecule has 2 N–H and O–H groups in total. The summed E-state index contributed by atoms with van der Waals surface area (Å²) in [5, 5.41) is 0.787. The van der Waals surface area contributed by atoms with Crippen LogP contribution in [0.25, 0.3) is 33.3 Å². The third-order valence-electron chi connectivity index (χ3n) is 5.98. The topological polar surface area (TPSA) is 96.7 Å². The van der Waals surface area contributed by atoms with Crippen molar-refractivity contribution < 1.29 is 28.1 Å². The van der Waals surface area contributed by atoms with Crippen LogP contribution in [0.2, 0.25) is 0 Å². The number of halogens is 1. The summed E-state index contributed by atoms with van der Waals surface area (Å²) in [5.74, 6) is -0.407. The smallest absolute Gasteiger partial charge is 0.303 e. The SMILES string of the molecule is CC[C@H](CCC(=O)Cc1ccc2nc(-c3ccccc3)c(-c3ccccc3F)cc2c1)OP(=O)(O)O. The standard InChI is InChI=1S/C28H27FNO5P/c1-2-23(35-36(32,33)34)14-13-22(31)17-19-12-15-27-21(16-19)18-25(24-10-6-7-11-26(24)29)28(30-27)20-8-4-3-5-9-20/h3-12,15-16,18,23H,2,13-14,17H2,1H3,(H2,32,33,34)/t23-/m1/s1. The van der Waals surface area contributed by atoms with Crippen molar-refractivity contribution in [2.45, 2.75) is 38.7 Å². The van der Waals surface area contributed by atoms with Crippen LogP contribution in [0.15, 0.2) is 78.9 Å². The minimum Gasteiger partial charge on any atom is -0.303 e. The Morgan fingerprint density at radius 2 is 1.72 bits per heavy atom. The molecule has 0 unspecified atom stereocenters. The Morgan fingerprint density at radius 3 is 2.42 bits per heavy atom. The largest absolute Gasteiger partial charge is 0.469 e. The number of carbonyl (C=O) groups excluding carboxylic acids is 1. The van der Waals surface area contributed by atoms with Gasteiger partial charge in [-0.1, -0.05) is 61.5 Å². The highest BCUT2D eigenvalue weighted by Crippen LogP contribution is 2.39. The van der Waals surface area contributed by atoms with Gasteiger partial charge in [-0.05, 0) is 42.7 Å². The number of phosphoric ester groups is 1. The summed E-state index contributed by atoms with van der Waals surface area (Å²) < 4.78 is 30.6. The summed E-state index contributed by atoms with van der Waals surface area (Å²) in [4.78, 5) is 35.5. The highest BCUT2D eigenvalue weighted by atomic mass is 31.2. The molecule has 4 aromatic rings. The van der Waals surface area contributed by atoms with E-state index in [1.54, 1.807) is 25.1 Å². The van der Waals surface area contributed by atoms with Crippen LogP contribution in [-0.2, 0) is 20.3 Å². The maximum atomic E-state index is 14.8. The molecule has 3 aromatic carbocycles. The summed E-state index contributed by atoms with van der Waals surface area (Å²) in [7, 11) is -4.60. The van der Waals surface area contributed by atoms with E-state index in [1.165, 1.54) is 6.07 Å². The van der Waals surface area contributed by atoms with E-state index in [0.29, 0.717) is 23.2 Å². The molecule has 0 fully saturated rings. The Bertz CT molecular complexity index is 1420. The van der Waals surface area contributed by atoms with Gasteiger partial charge in [0.2, 0.25) is 0 Å². The highest BCUT2D eigenvalue weighted by molar-refractivity contribution is 7.46. The van der Waals surface area contributed by atoms with E-state index >= 15 is 0 Å². The molecule has 0 radical (unpaired) electrons. The number of aromatic nitrogens is 1. The number of fused-ring (bicyclic) bond motifs is 1. The number of hydrogen-bond acceptors (Lipinski definition) is 4. The van der Waals surface area contributed by atoms with E-state index < -0.39 is 13.9 Å². The molecular formula is C28H27FNO5P. The first-order chi connectivity index (χ1) is 17.2. The normalized spacial score (nSPS) is 12.6. The number of phosphoric acid groups is 1. The van der Waals surface area contributed by atoms with Gasteiger partial charge in [0, 0.05) is 34.9 Å². The Labute approximate surface area is 209 Å². The van der Waals surface area contributed by atoms with Gasteiger partial charge in [0.15, 0.2) is 0 Å². The van der Waals surface area contributed by atoms with Crippen molar-refractivity contribution in [3.63, 3.8) is 0 Å². The number of pyridine rings is 1. The zero-order valence-corrected chi connectivity index (χ0v) is 20.7. The van der Waals surface area contributed by atoms with E-state index in [2.05, 4.69) is 0 Å². The second-order valence-electron chi connectivity index (χ2n) is 8.64. The van der Waals surface area contributed by atoms with Gasteiger partial charge in [-0.15, -0.1) is 0 Å². The zero-order chi connectivity index (χ0) is 25.7. The fraction of sp³-hybridized carbons (Fsp3) is 0.214. The van der Waals surface area contributed by atoms with Crippen molar-refractivity contribution in [2.24, 2.45) is 0 Å². The molecule has 0 aliphatic rings. The van der Waals surface area contributed by atoms with Gasteiger partial charge in [0.05, 0.1) is 17.3 Å². The molecular weight excluding hydrogens is 480 g/mol. The number of nitrogens with zero attached hydrogens (tertiary/aromatic N) is 1. The summed E-state index contributed by atoms with van der Waals surface area (Å²) in [6, 6.07) is 23.7. The maximum absolute atomic E-state index is 14.8. The van der Waals surface area contributed by atoms with Crippen molar-refractivity contribution in [3.8, 4) is 22.4 Å². The van der Waals surface area contributed by atoms with Gasteiger partial charge in [-0.3, -0.25) is 9.32 Å². The van der Waals surface area contributed by atoms with E-state index in [9.17, 15) is 13.8 Å². The van der Waals surface area contributed by atoms with Crippen molar-refractivity contribution in [2.75, 3.05) is 0 Å². The first-order valence-corrected chi connectivity index (χ1v) is 13.3. The Balaban J connectivity index is 1.62. The second kappa shape index (κ2) is 11.2. The van der Waals surface area contributed by atoms with Gasteiger partial charge in [-0.2, -0.15) is 0 Å². The Morgan fingerprint density at radius 1 is 1.00 bits per heavy atom. The molecule has 0 bridgehead atoms. The Kier molecular flexibility index (Phi) is 8.07. The quantitative estimate of drug-likeness (QED) is 0.238. The lowest BCUT2D eigenvalue weighted by molar-refractivity contribution is -0.119. The Hall–Kier alpha value is -3.22. The molecule has 186 valence electrons. The van der Waals surface area contributed by atoms with Gasteiger partial charge in [0.25, 0.3) is 0 Å². The molecule has 0 aliphatic heterocycles. The lowest BCUT2D eigenvalue weighted by atomic mass is 9.95. The van der Waals surface area contributed by atoms with Gasteiger partial charge >= 0.3 is 7.82 Å². The van der Waals surface area contributed by atoms with Crippen LogP contribution in [-0.4, -0.2) is 26.7 Å². The van der Waals surface area contributed by atoms with Crippen LogP contribution in [0.4, 0.5) is 4.39 Å². The molecule has 0 aliphatic carbocycles. The monoisotopic (exact) mass is 507 g/mol. The van der Waals surface area contributed by atoms with Crippen LogP contribution in [0, 0.1) is 5.82 Å². The molecule has 1 atom stereocenters. The number of rotatable bonds is 10. The lowest BCUT2D eigenvalue weighted by Crippen LogP contribution is -2.13. The zero-order valence-electron chi connectivity index (χ0n) is 19.8. The lowest BCUT2D eigenvalue weighted by Gasteiger charge is -2.16. The van der Waals surface area contributed by atoms with E-state index in [4.69, 9.17) is 19.3 Å². The van der Waals surface area contributed by atoms with E-state index in [1.807, 2.05) is 54.6 Å². The van der Waals surface area contributed by atoms with Crippen LogP contribution >= 0.6 is 7.82 Å². The average molecular weight is 507 g/mol. The molecule has 6 nitrogen and oxygen atoms in total. The van der Waals surface area contributed by atoms with Crippen LogP contribution in [0.1, 0.15) is 31.7 Å². The van der Waals surface area contributed by atoms with Crippen molar-refractivity contribution >= 4 is 24.5 Å². The number of hydrogen-bond donors (Lipinski definition) is 2. The number of benzene rings is 3. The number of ketones is 1. The van der Waals surface area contributed by atoms with Crippen LogP contribution < -0.4 is 0 Å². The summed E-state index contributed by atoms with van der Waals surface area (Å²) >= 11 is 0. The maximum Gasteiger partial charge on any atom is 0.469 e. The van der Waals surface area contributed by atoms with Crippen LogP contribution in [0.3, 0.4) is 0 Å².